The minimum Gasteiger partial charge on any atom is -0.378 e. The minimum absolute atomic E-state index is 0.402. The lowest BCUT2D eigenvalue weighted by molar-refractivity contribution is 0.181. The van der Waals surface area contributed by atoms with Crippen LogP contribution in [0.2, 0.25) is 0 Å². The molecule has 0 atom stereocenters. The van der Waals surface area contributed by atoms with Gasteiger partial charge in [0.2, 0.25) is 5.95 Å². The molecule has 1 fully saturated rings. The number of anilines is 1. The van der Waals surface area contributed by atoms with E-state index >= 15 is 0 Å². The van der Waals surface area contributed by atoms with Crippen molar-refractivity contribution in [3.05, 3.63) is 71.7 Å². The van der Waals surface area contributed by atoms with Crippen molar-refractivity contribution in [2.75, 3.05) is 12.4 Å². The van der Waals surface area contributed by atoms with Crippen LogP contribution in [0.15, 0.2) is 54.7 Å². The van der Waals surface area contributed by atoms with Crippen LogP contribution in [-0.2, 0) is 17.9 Å². The predicted molar refractivity (Wildman–Crippen MR) is 122 cm³/mol. The molecule has 0 unspecified atom stereocenters. The largest absolute Gasteiger partial charge is 0.378 e. The highest BCUT2D eigenvalue weighted by Gasteiger charge is 2.23. The summed E-state index contributed by atoms with van der Waals surface area (Å²) >= 11 is 0. The zero-order chi connectivity index (χ0) is 22.6. The number of nitriles is 1. The van der Waals surface area contributed by atoms with Gasteiger partial charge < -0.3 is 10.1 Å². The number of ether oxygens (including phenoxy) is 1. The SMILES string of the molecule is COCc1cccc(Cn2cc(-c3cc(-c4cccc(C#N)c4)nc(NC4CC4)n3)nn2)n1. The van der Waals surface area contributed by atoms with Crippen LogP contribution in [0.1, 0.15) is 29.8 Å². The minimum atomic E-state index is 0.402. The molecule has 3 heterocycles. The van der Waals surface area contributed by atoms with E-state index in [0.717, 1.165) is 35.5 Å². The molecule has 4 aromatic rings. The van der Waals surface area contributed by atoms with Crippen LogP contribution >= 0.6 is 0 Å². The van der Waals surface area contributed by atoms with Crippen LogP contribution in [0.5, 0.6) is 0 Å². The van der Waals surface area contributed by atoms with Gasteiger partial charge in [-0.25, -0.2) is 14.6 Å². The Kier molecular flexibility index (Phi) is 5.74. The van der Waals surface area contributed by atoms with Gasteiger partial charge in [-0.1, -0.05) is 23.4 Å². The molecule has 1 aliphatic carbocycles. The molecule has 33 heavy (non-hydrogen) atoms. The molecule has 1 saturated carbocycles. The third-order valence-electron chi connectivity index (χ3n) is 5.21. The van der Waals surface area contributed by atoms with E-state index in [9.17, 15) is 5.26 Å². The maximum absolute atomic E-state index is 9.27. The monoisotopic (exact) mass is 438 g/mol. The average molecular weight is 438 g/mol. The molecule has 3 aromatic heterocycles. The number of pyridine rings is 1. The molecule has 9 heteroatoms. The van der Waals surface area contributed by atoms with Gasteiger partial charge in [0.15, 0.2) is 0 Å². The first kappa shape index (κ1) is 20.7. The topological polar surface area (TPSA) is 114 Å². The Morgan fingerprint density at radius 3 is 2.67 bits per heavy atom. The van der Waals surface area contributed by atoms with Gasteiger partial charge in [-0.3, -0.25) is 4.98 Å². The van der Waals surface area contributed by atoms with E-state index in [1.54, 1.807) is 17.9 Å². The highest BCUT2D eigenvalue weighted by Crippen LogP contribution is 2.28. The van der Waals surface area contributed by atoms with Gasteiger partial charge in [0, 0.05) is 18.7 Å². The average Bonchev–Trinajstić information content (AvgIpc) is 3.53. The molecule has 0 spiro atoms. The number of methoxy groups -OCH3 is 1. The molecule has 0 radical (unpaired) electrons. The van der Waals surface area contributed by atoms with E-state index in [1.807, 2.05) is 48.7 Å². The smallest absolute Gasteiger partial charge is 0.224 e. The third kappa shape index (κ3) is 5.02. The van der Waals surface area contributed by atoms with Crippen molar-refractivity contribution in [1.82, 2.24) is 29.9 Å². The van der Waals surface area contributed by atoms with Crippen molar-refractivity contribution in [1.29, 1.82) is 5.26 Å². The normalized spacial score (nSPS) is 13.0. The fourth-order valence-corrected chi connectivity index (χ4v) is 3.45. The number of hydrogen-bond donors (Lipinski definition) is 1. The first-order valence-electron chi connectivity index (χ1n) is 10.7. The summed E-state index contributed by atoms with van der Waals surface area (Å²) in [7, 11) is 1.65. The van der Waals surface area contributed by atoms with E-state index in [4.69, 9.17) is 4.74 Å². The Bertz CT molecular complexity index is 1320. The zero-order valence-electron chi connectivity index (χ0n) is 18.1. The van der Waals surface area contributed by atoms with Crippen LogP contribution in [0.4, 0.5) is 5.95 Å². The van der Waals surface area contributed by atoms with Crippen molar-refractivity contribution in [3.8, 4) is 28.7 Å². The summed E-state index contributed by atoms with van der Waals surface area (Å²) in [4.78, 5) is 13.9. The van der Waals surface area contributed by atoms with Gasteiger partial charge in [0.05, 0.1) is 53.8 Å². The number of rotatable bonds is 8. The van der Waals surface area contributed by atoms with Crippen LogP contribution in [0, 0.1) is 11.3 Å². The van der Waals surface area contributed by atoms with Crippen molar-refractivity contribution >= 4 is 5.95 Å². The summed E-state index contributed by atoms with van der Waals surface area (Å²) in [5.74, 6) is 0.552. The second-order valence-corrected chi connectivity index (χ2v) is 7.93. The van der Waals surface area contributed by atoms with Gasteiger partial charge in [-0.05, 0) is 43.2 Å². The van der Waals surface area contributed by atoms with E-state index in [2.05, 4.69) is 36.7 Å². The lowest BCUT2D eigenvalue weighted by Gasteiger charge is -2.08. The van der Waals surface area contributed by atoms with E-state index in [0.29, 0.717) is 42.1 Å². The van der Waals surface area contributed by atoms with Crippen LogP contribution in [0.25, 0.3) is 22.6 Å². The highest BCUT2D eigenvalue weighted by atomic mass is 16.5. The summed E-state index contributed by atoms with van der Waals surface area (Å²) in [6.45, 7) is 0.948. The van der Waals surface area contributed by atoms with Gasteiger partial charge >= 0.3 is 0 Å². The quantitative estimate of drug-likeness (QED) is 0.445. The Morgan fingerprint density at radius 2 is 1.85 bits per heavy atom. The lowest BCUT2D eigenvalue weighted by Crippen LogP contribution is -2.07. The standard InChI is InChI=1S/C24H22N8O/c1-33-15-20-7-3-6-19(26-20)13-32-14-23(30-31-32)22-11-21(17-5-2-4-16(10-17)12-25)28-24(29-22)27-18-8-9-18/h2-7,10-11,14,18H,8-9,13,15H2,1H3,(H,27,28,29). The second-order valence-electron chi connectivity index (χ2n) is 7.93. The molecular formula is C24H22N8O. The van der Waals surface area contributed by atoms with E-state index in [1.165, 1.54) is 0 Å². The van der Waals surface area contributed by atoms with E-state index in [-0.39, 0.29) is 0 Å². The third-order valence-corrected chi connectivity index (χ3v) is 5.21. The number of benzene rings is 1. The molecular weight excluding hydrogens is 416 g/mol. The van der Waals surface area contributed by atoms with E-state index < -0.39 is 0 Å². The number of nitrogens with zero attached hydrogens (tertiary/aromatic N) is 7. The first-order chi connectivity index (χ1) is 16.2. The highest BCUT2D eigenvalue weighted by molar-refractivity contribution is 5.68. The fourth-order valence-electron chi connectivity index (χ4n) is 3.45. The number of nitrogens with one attached hydrogen (secondary N) is 1. The summed E-state index contributed by atoms with van der Waals surface area (Å²) < 4.78 is 6.90. The van der Waals surface area contributed by atoms with Crippen molar-refractivity contribution < 1.29 is 4.74 Å². The Morgan fingerprint density at radius 1 is 1.03 bits per heavy atom. The Labute approximate surface area is 191 Å². The molecule has 1 aliphatic rings. The molecule has 1 aromatic carbocycles. The number of aromatic nitrogens is 6. The summed E-state index contributed by atoms with van der Waals surface area (Å²) in [5.41, 5.74) is 5.20. The van der Waals surface area contributed by atoms with Crippen molar-refractivity contribution in [2.24, 2.45) is 0 Å². The predicted octanol–water partition coefficient (Wildman–Crippen LogP) is 3.44. The maximum atomic E-state index is 9.27. The van der Waals surface area contributed by atoms with Crippen molar-refractivity contribution in [2.45, 2.75) is 32.0 Å². The van der Waals surface area contributed by atoms with Gasteiger partial charge in [-0.15, -0.1) is 5.10 Å². The van der Waals surface area contributed by atoms with Gasteiger partial charge in [0.1, 0.15) is 5.69 Å². The van der Waals surface area contributed by atoms with Crippen LogP contribution in [-0.4, -0.2) is 43.1 Å². The van der Waals surface area contributed by atoms with Crippen LogP contribution < -0.4 is 5.32 Å². The van der Waals surface area contributed by atoms with Crippen molar-refractivity contribution in [3.63, 3.8) is 0 Å². The second kappa shape index (κ2) is 9.14. The fraction of sp³-hybridized carbons (Fsp3) is 0.250. The molecule has 164 valence electrons. The first-order valence-corrected chi connectivity index (χ1v) is 10.7. The zero-order valence-corrected chi connectivity index (χ0v) is 18.1. The summed E-state index contributed by atoms with van der Waals surface area (Å²) in [6.07, 6.45) is 4.07. The number of hydrogen-bond acceptors (Lipinski definition) is 8. The maximum Gasteiger partial charge on any atom is 0.224 e. The van der Waals surface area contributed by atoms with Crippen LogP contribution in [0.3, 0.4) is 0 Å². The Hall–Kier alpha value is -4.16. The summed E-state index contributed by atoms with van der Waals surface area (Å²) in [6, 6.07) is 17.7. The molecule has 0 bridgehead atoms. The molecule has 0 amide bonds. The lowest BCUT2D eigenvalue weighted by atomic mass is 10.1. The molecule has 0 saturated heterocycles. The summed E-state index contributed by atoms with van der Waals surface area (Å²) in [5, 5.41) is 21.2. The van der Waals surface area contributed by atoms with Gasteiger partial charge in [-0.2, -0.15) is 5.26 Å². The molecule has 5 rings (SSSR count). The molecule has 9 nitrogen and oxygen atoms in total. The van der Waals surface area contributed by atoms with Gasteiger partial charge in [0.25, 0.3) is 0 Å². The molecule has 0 aliphatic heterocycles. The molecule has 1 N–H and O–H groups in total. The Balaban J connectivity index is 1.45.